The molecule has 0 unspecified atom stereocenters. The first-order valence-corrected chi connectivity index (χ1v) is 14.0. The number of ether oxygens (including phenoxy) is 1. The second-order valence-corrected chi connectivity index (χ2v) is 11.4. The van der Waals surface area contributed by atoms with E-state index >= 15 is 0 Å². The van der Waals surface area contributed by atoms with Crippen molar-refractivity contribution in [3.63, 3.8) is 0 Å². The van der Waals surface area contributed by atoms with Crippen molar-refractivity contribution in [2.45, 2.75) is 104 Å². The molecule has 2 atom stereocenters. The molecule has 3 fully saturated rings. The highest BCUT2D eigenvalue weighted by molar-refractivity contribution is 5.90. The van der Waals surface area contributed by atoms with Gasteiger partial charge in [-0.1, -0.05) is 33.6 Å². The standard InChI is InChI=1S/C27H50N4O3/c1-5-30-14-9-23(10-15-30)31-16-12-27(13-17-31)11-7-6-8-18-34-20-22(4)28-25(32)24(19-21(2)3)29-26(27)33/h21-24H,5-20H2,1-4H3,(H,28,32)(H,29,33)/t22-,24+/m1/s1. The molecule has 0 aliphatic carbocycles. The Balaban J connectivity index is 1.68. The van der Waals surface area contributed by atoms with Crippen LogP contribution in [-0.4, -0.2) is 85.7 Å². The average molecular weight is 479 g/mol. The van der Waals surface area contributed by atoms with E-state index in [-0.39, 0.29) is 23.3 Å². The summed E-state index contributed by atoms with van der Waals surface area (Å²) in [5.41, 5.74) is -0.354. The molecular formula is C27H50N4O3. The van der Waals surface area contributed by atoms with Gasteiger partial charge in [-0.15, -0.1) is 0 Å². The molecule has 0 saturated carbocycles. The first kappa shape index (κ1) is 27.4. The molecule has 2 N–H and O–H groups in total. The monoisotopic (exact) mass is 478 g/mol. The number of hydrogen-bond acceptors (Lipinski definition) is 5. The van der Waals surface area contributed by atoms with Gasteiger partial charge in [-0.25, -0.2) is 0 Å². The van der Waals surface area contributed by atoms with Crippen LogP contribution < -0.4 is 10.6 Å². The molecule has 3 saturated heterocycles. The maximum atomic E-state index is 13.8. The smallest absolute Gasteiger partial charge is 0.242 e. The molecule has 7 nitrogen and oxygen atoms in total. The predicted molar refractivity (Wildman–Crippen MR) is 137 cm³/mol. The van der Waals surface area contributed by atoms with Gasteiger partial charge in [-0.3, -0.25) is 9.59 Å². The fraction of sp³-hybridized carbons (Fsp3) is 0.926. The minimum atomic E-state index is -0.480. The van der Waals surface area contributed by atoms with Gasteiger partial charge in [0.25, 0.3) is 0 Å². The number of likely N-dealkylation sites (tertiary alicyclic amines) is 2. The summed E-state index contributed by atoms with van der Waals surface area (Å²) in [5.74, 6) is 0.355. The van der Waals surface area contributed by atoms with Crippen LogP contribution in [0.4, 0.5) is 0 Å². The van der Waals surface area contributed by atoms with E-state index in [0.29, 0.717) is 25.0 Å². The van der Waals surface area contributed by atoms with Crippen molar-refractivity contribution in [1.82, 2.24) is 20.4 Å². The minimum absolute atomic E-state index is 0.0571. The third-order valence-electron chi connectivity index (χ3n) is 8.29. The Hall–Kier alpha value is -1.18. The number of nitrogens with zero attached hydrogens (tertiary/aromatic N) is 2. The Kier molecular flexibility index (Phi) is 10.7. The van der Waals surface area contributed by atoms with Crippen LogP contribution in [0.25, 0.3) is 0 Å². The molecule has 3 rings (SSSR count). The number of amides is 2. The van der Waals surface area contributed by atoms with Gasteiger partial charge < -0.3 is 25.2 Å². The molecule has 0 aromatic carbocycles. The zero-order valence-electron chi connectivity index (χ0n) is 22.2. The quantitative estimate of drug-likeness (QED) is 0.649. The van der Waals surface area contributed by atoms with Crippen molar-refractivity contribution in [1.29, 1.82) is 0 Å². The predicted octanol–water partition coefficient (Wildman–Crippen LogP) is 3.18. The summed E-state index contributed by atoms with van der Waals surface area (Å²) in [6.07, 6.45) is 8.98. The van der Waals surface area contributed by atoms with Crippen LogP contribution in [0.2, 0.25) is 0 Å². The number of nitrogens with one attached hydrogen (secondary N) is 2. The summed E-state index contributed by atoms with van der Waals surface area (Å²) in [4.78, 5) is 32.0. The highest BCUT2D eigenvalue weighted by atomic mass is 16.5. The summed E-state index contributed by atoms with van der Waals surface area (Å²) in [7, 11) is 0. The van der Waals surface area contributed by atoms with Gasteiger partial charge in [-0.05, 0) is 90.5 Å². The second kappa shape index (κ2) is 13.2. The van der Waals surface area contributed by atoms with Crippen LogP contribution in [0.15, 0.2) is 0 Å². The maximum Gasteiger partial charge on any atom is 0.242 e. The number of carbonyl (C=O) groups is 2. The molecule has 34 heavy (non-hydrogen) atoms. The number of hydrogen-bond donors (Lipinski definition) is 2. The first-order chi connectivity index (χ1) is 16.3. The largest absolute Gasteiger partial charge is 0.379 e. The molecule has 3 aliphatic rings. The molecule has 0 bridgehead atoms. The second-order valence-electron chi connectivity index (χ2n) is 11.4. The van der Waals surface area contributed by atoms with Gasteiger partial charge in [0.1, 0.15) is 6.04 Å². The van der Waals surface area contributed by atoms with Crippen LogP contribution in [-0.2, 0) is 14.3 Å². The maximum absolute atomic E-state index is 13.8. The molecule has 3 aliphatic heterocycles. The van der Waals surface area contributed by atoms with E-state index in [1.165, 1.54) is 25.9 Å². The zero-order valence-corrected chi connectivity index (χ0v) is 22.2. The van der Waals surface area contributed by atoms with E-state index in [4.69, 9.17) is 4.74 Å². The molecule has 3 heterocycles. The summed E-state index contributed by atoms with van der Waals surface area (Å²) < 4.78 is 5.80. The van der Waals surface area contributed by atoms with E-state index in [1.807, 2.05) is 6.92 Å². The molecule has 0 radical (unpaired) electrons. The molecule has 7 heteroatoms. The Labute approximate surface area is 207 Å². The van der Waals surface area contributed by atoms with E-state index in [1.54, 1.807) is 0 Å². The summed E-state index contributed by atoms with van der Waals surface area (Å²) in [6, 6.07) is 0.115. The SMILES string of the molecule is CCN1CCC(N2CCC3(CCCCCOC[C@@H](C)NC(=O)[C@H](CC(C)C)NC3=O)CC2)CC1. The molecule has 2 amide bonds. The van der Waals surface area contributed by atoms with E-state index in [9.17, 15) is 9.59 Å². The van der Waals surface area contributed by atoms with Gasteiger partial charge >= 0.3 is 0 Å². The number of rotatable bonds is 4. The van der Waals surface area contributed by atoms with E-state index in [0.717, 1.165) is 64.8 Å². The number of carbonyl (C=O) groups excluding carboxylic acids is 2. The van der Waals surface area contributed by atoms with Crippen LogP contribution >= 0.6 is 0 Å². The highest BCUT2D eigenvalue weighted by Crippen LogP contribution is 2.39. The third kappa shape index (κ3) is 7.66. The molecular weight excluding hydrogens is 428 g/mol. The lowest BCUT2D eigenvalue weighted by atomic mass is 9.72. The average Bonchev–Trinajstić information content (AvgIpc) is 2.82. The van der Waals surface area contributed by atoms with Crippen molar-refractivity contribution >= 4 is 11.8 Å². The van der Waals surface area contributed by atoms with Gasteiger partial charge in [0, 0.05) is 18.7 Å². The van der Waals surface area contributed by atoms with Gasteiger partial charge in [-0.2, -0.15) is 0 Å². The molecule has 0 aromatic rings. The van der Waals surface area contributed by atoms with Crippen LogP contribution in [0, 0.1) is 11.3 Å². The van der Waals surface area contributed by atoms with Crippen LogP contribution in [0.5, 0.6) is 0 Å². The van der Waals surface area contributed by atoms with Crippen molar-refractivity contribution in [2.24, 2.45) is 11.3 Å². The fourth-order valence-electron chi connectivity index (χ4n) is 6.01. The highest BCUT2D eigenvalue weighted by Gasteiger charge is 2.43. The van der Waals surface area contributed by atoms with Crippen LogP contribution in [0.3, 0.4) is 0 Å². The van der Waals surface area contributed by atoms with E-state index < -0.39 is 6.04 Å². The third-order valence-corrected chi connectivity index (χ3v) is 8.29. The van der Waals surface area contributed by atoms with Crippen molar-refractivity contribution in [2.75, 3.05) is 45.9 Å². The Morgan fingerprint density at radius 3 is 2.35 bits per heavy atom. The van der Waals surface area contributed by atoms with Crippen molar-refractivity contribution in [3.05, 3.63) is 0 Å². The Morgan fingerprint density at radius 1 is 1.00 bits per heavy atom. The lowest BCUT2D eigenvalue weighted by molar-refractivity contribution is -0.139. The lowest BCUT2D eigenvalue weighted by Gasteiger charge is -2.46. The normalized spacial score (nSPS) is 29.6. The number of piperidine rings is 2. The first-order valence-electron chi connectivity index (χ1n) is 14.0. The summed E-state index contributed by atoms with van der Waals surface area (Å²) >= 11 is 0. The summed E-state index contributed by atoms with van der Waals surface area (Å²) in [5, 5.41) is 6.29. The van der Waals surface area contributed by atoms with Crippen molar-refractivity contribution < 1.29 is 14.3 Å². The van der Waals surface area contributed by atoms with Crippen molar-refractivity contribution in [3.8, 4) is 0 Å². The fourth-order valence-corrected chi connectivity index (χ4v) is 6.01. The minimum Gasteiger partial charge on any atom is -0.379 e. The van der Waals surface area contributed by atoms with E-state index in [2.05, 4.69) is 41.2 Å². The molecule has 1 spiro atoms. The van der Waals surface area contributed by atoms with Gasteiger partial charge in [0.2, 0.25) is 11.8 Å². The van der Waals surface area contributed by atoms with Gasteiger partial charge in [0.05, 0.1) is 12.0 Å². The zero-order chi connectivity index (χ0) is 24.6. The van der Waals surface area contributed by atoms with Crippen LogP contribution in [0.1, 0.15) is 85.5 Å². The topological polar surface area (TPSA) is 73.9 Å². The lowest BCUT2D eigenvalue weighted by Crippen LogP contribution is -2.57. The molecule has 0 aromatic heterocycles. The Bertz CT molecular complexity index is 640. The Morgan fingerprint density at radius 2 is 1.71 bits per heavy atom. The van der Waals surface area contributed by atoms with Gasteiger partial charge in [0.15, 0.2) is 0 Å². The molecule has 196 valence electrons. The summed E-state index contributed by atoms with van der Waals surface area (Å²) in [6.45, 7) is 15.2.